The van der Waals surface area contributed by atoms with Crippen LogP contribution in [0.15, 0.2) is 45.7 Å². The van der Waals surface area contributed by atoms with Crippen molar-refractivity contribution in [3.63, 3.8) is 0 Å². The number of hydrogen-bond donors (Lipinski definition) is 1. The molecular weight excluding hydrogens is 407 g/mol. The van der Waals surface area contributed by atoms with Crippen LogP contribution >= 0.6 is 0 Å². The Kier molecular flexibility index (Phi) is 6.07. The molecule has 0 unspecified atom stereocenters. The number of sulfone groups is 1. The lowest BCUT2D eigenvalue weighted by molar-refractivity contribution is -0.137. The Morgan fingerprint density at radius 2 is 1.90 bits per heavy atom. The number of carbonyl (C=O) groups excluding carboxylic acids is 1. The predicted octanol–water partition coefficient (Wildman–Crippen LogP) is 4.58. The molecule has 0 radical (unpaired) electrons. The van der Waals surface area contributed by atoms with Gasteiger partial charge in [0, 0.05) is 6.04 Å². The van der Waals surface area contributed by atoms with Crippen molar-refractivity contribution in [3.05, 3.63) is 53.5 Å². The van der Waals surface area contributed by atoms with E-state index in [4.69, 9.17) is 4.42 Å². The van der Waals surface area contributed by atoms with Crippen LogP contribution in [0.5, 0.6) is 0 Å². The molecule has 1 amide bonds. The van der Waals surface area contributed by atoms with E-state index in [-0.39, 0.29) is 17.6 Å². The van der Waals surface area contributed by atoms with Crippen molar-refractivity contribution in [1.29, 1.82) is 0 Å². The van der Waals surface area contributed by atoms with Crippen molar-refractivity contribution in [2.24, 2.45) is 5.92 Å². The first-order valence-electron chi connectivity index (χ1n) is 9.36. The minimum absolute atomic E-state index is 0.00995. The van der Waals surface area contributed by atoms with Crippen molar-refractivity contribution in [3.8, 4) is 0 Å². The third-order valence-electron chi connectivity index (χ3n) is 5.17. The van der Waals surface area contributed by atoms with E-state index in [2.05, 4.69) is 12.2 Å². The Morgan fingerprint density at radius 3 is 2.59 bits per heavy atom. The van der Waals surface area contributed by atoms with E-state index in [1.807, 2.05) is 0 Å². The summed E-state index contributed by atoms with van der Waals surface area (Å²) in [5.74, 6) is -0.738. The number of alkyl halides is 3. The number of benzene rings is 1. The van der Waals surface area contributed by atoms with Gasteiger partial charge in [-0.2, -0.15) is 13.2 Å². The second kappa shape index (κ2) is 8.22. The van der Waals surface area contributed by atoms with Crippen LogP contribution in [0.3, 0.4) is 0 Å². The molecule has 1 aliphatic carbocycles. The summed E-state index contributed by atoms with van der Waals surface area (Å²) in [5, 5.41) is 2.91. The molecule has 0 spiro atoms. The zero-order valence-electron chi connectivity index (χ0n) is 15.8. The highest BCUT2D eigenvalue weighted by atomic mass is 32.2. The molecule has 2 aromatic rings. The first kappa shape index (κ1) is 21.4. The molecule has 29 heavy (non-hydrogen) atoms. The summed E-state index contributed by atoms with van der Waals surface area (Å²) in [7, 11) is -4.07. The Labute approximate surface area is 167 Å². The monoisotopic (exact) mass is 429 g/mol. The Balaban J connectivity index is 1.71. The van der Waals surface area contributed by atoms with Gasteiger partial charge in [0.2, 0.25) is 0 Å². The molecule has 5 nitrogen and oxygen atoms in total. The molecule has 1 saturated carbocycles. The van der Waals surface area contributed by atoms with E-state index < -0.39 is 38.1 Å². The molecular formula is C20H22F3NO4S. The summed E-state index contributed by atoms with van der Waals surface area (Å²) in [6.07, 6.45) is -0.564. The van der Waals surface area contributed by atoms with Crippen LogP contribution in [0.2, 0.25) is 0 Å². The van der Waals surface area contributed by atoms with Gasteiger partial charge in [0.05, 0.1) is 10.5 Å². The maximum absolute atomic E-state index is 12.8. The Bertz CT molecular complexity index is 982. The number of rotatable bonds is 5. The van der Waals surface area contributed by atoms with Gasteiger partial charge in [-0.1, -0.05) is 25.8 Å². The van der Waals surface area contributed by atoms with Crippen LogP contribution in [-0.4, -0.2) is 20.4 Å². The third-order valence-corrected chi connectivity index (χ3v) is 6.80. The molecule has 3 rings (SSSR count). The first-order valence-corrected chi connectivity index (χ1v) is 11.0. The second-order valence-corrected chi connectivity index (χ2v) is 9.38. The lowest BCUT2D eigenvalue weighted by atomic mass is 9.86. The van der Waals surface area contributed by atoms with Crippen molar-refractivity contribution in [1.82, 2.24) is 5.32 Å². The number of nitrogens with one attached hydrogen (secondary N) is 1. The van der Waals surface area contributed by atoms with E-state index in [1.165, 1.54) is 12.1 Å². The van der Waals surface area contributed by atoms with E-state index in [0.717, 1.165) is 43.9 Å². The first-order chi connectivity index (χ1) is 13.6. The van der Waals surface area contributed by atoms with E-state index in [1.54, 1.807) is 0 Å². The lowest BCUT2D eigenvalue weighted by Crippen LogP contribution is -2.40. The molecule has 158 valence electrons. The minimum Gasteiger partial charge on any atom is -0.455 e. The zero-order valence-corrected chi connectivity index (χ0v) is 16.6. The zero-order chi connectivity index (χ0) is 21.2. The highest BCUT2D eigenvalue weighted by Gasteiger charge is 2.32. The fraction of sp³-hybridized carbons (Fsp3) is 0.450. The quantitative estimate of drug-likeness (QED) is 0.755. The molecule has 2 atom stereocenters. The molecule has 1 fully saturated rings. The summed E-state index contributed by atoms with van der Waals surface area (Å²) in [5.41, 5.74) is -1.04. The normalized spacial score (nSPS) is 20.4. The van der Waals surface area contributed by atoms with Gasteiger partial charge in [-0.25, -0.2) is 8.42 Å². The maximum Gasteiger partial charge on any atom is 0.416 e. The van der Waals surface area contributed by atoms with Crippen molar-refractivity contribution >= 4 is 15.7 Å². The average Bonchev–Trinajstić information content (AvgIpc) is 3.11. The molecule has 1 heterocycles. The fourth-order valence-electron chi connectivity index (χ4n) is 3.48. The highest BCUT2D eigenvalue weighted by molar-refractivity contribution is 7.90. The van der Waals surface area contributed by atoms with Crippen molar-refractivity contribution in [2.45, 2.75) is 55.5 Å². The number of furan rings is 1. The molecule has 1 aliphatic rings. The SMILES string of the molecule is C[C@@H]1CCCC[C@H]1NC(=O)c1ccc(CS(=O)(=O)c2cccc(C(F)(F)F)c2)o1. The molecule has 1 aromatic carbocycles. The van der Waals surface area contributed by atoms with Gasteiger partial charge >= 0.3 is 6.18 Å². The van der Waals surface area contributed by atoms with Crippen molar-refractivity contribution in [2.75, 3.05) is 0 Å². The number of carbonyl (C=O) groups is 1. The summed E-state index contributed by atoms with van der Waals surface area (Å²) in [6.45, 7) is 2.07. The second-order valence-electron chi connectivity index (χ2n) is 7.39. The number of hydrogen-bond acceptors (Lipinski definition) is 4. The molecule has 0 aliphatic heterocycles. The summed E-state index contributed by atoms with van der Waals surface area (Å²) in [6, 6.07) is 6.31. The molecule has 9 heteroatoms. The van der Waals surface area contributed by atoms with Gasteiger partial charge in [-0.05, 0) is 49.1 Å². The summed E-state index contributed by atoms with van der Waals surface area (Å²) in [4.78, 5) is 11.9. The molecule has 0 saturated heterocycles. The van der Waals surface area contributed by atoms with Crippen LogP contribution in [0, 0.1) is 5.92 Å². The van der Waals surface area contributed by atoms with E-state index in [0.29, 0.717) is 12.0 Å². The highest BCUT2D eigenvalue weighted by Crippen LogP contribution is 2.31. The van der Waals surface area contributed by atoms with Crippen LogP contribution in [-0.2, 0) is 21.8 Å². The smallest absolute Gasteiger partial charge is 0.416 e. The largest absolute Gasteiger partial charge is 0.455 e. The van der Waals surface area contributed by atoms with Crippen LogP contribution in [0.1, 0.15) is 54.5 Å². The van der Waals surface area contributed by atoms with Gasteiger partial charge in [0.15, 0.2) is 15.6 Å². The molecule has 0 bridgehead atoms. The third kappa shape index (κ3) is 5.20. The van der Waals surface area contributed by atoms with Crippen LogP contribution in [0.4, 0.5) is 13.2 Å². The molecule has 1 aromatic heterocycles. The lowest BCUT2D eigenvalue weighted by Gasteiger charge is -2.29. The average molecular weight is 429 g/mol. The summed E-state index contributed by atoms with van der Waals surface area (Å²) < 4.78 is 68.9. The maximum atomic E-state index is 12.8. The van der Waals surface area contributed by atoms with Crippen LogP contribution < -0.4 is 5.32 Å². The standard InChI is InChI=1S/C20H22F3NO4S/c1-13-5-2-3-8-17(13)24-19(25)18-10-9-15(28-18)12-29(26,27)16-7-4-6-14(11-16)20(21,22)23/h4,6-7,9-11,13,17H,2-3,5,8,12H2,1H3,(H,24,25)/t13-,17-/m1/s1. The number of amides is 1. The Morgan fingerprint density at radius 1 is 1.17 bits per heavy atom. The van der Waals surface area contributed by atoms with Gasteiger partial charge in [-0.3, -0.25) is 4.79 Å². The summed E-state index contributed by atoms with van der Waals surface area (Å²) >= 11 is 0. The number of halogens is 3. The van der Waals surface area contributed by atoms with Crippen LogP contribution in [0.25, 0.3) is 0 Å². The predicted molar refractivity (Wildman–Crippen MR) is 99.9 cm³/mol. The fourth-order valence-corrected chi connectivity index (χ4v) is 4.77. The van der Waals surface area contributed by atoms with Gasteiger partial charge < -0.3 is 9.73 Å². The van der Waals surface area contributed by atoms with E-state index >= 15 is 0 Å². The van der Waals surface area contributed by atoms with Gasteiger partial charge in [-0.15, -0.1) is 0 Å². The van der Waals surface area contributed by atoms with E-state index in [9.17, 15) is 26.4 Å². The van der Waals surface area contributed by atoms with Crippen molar-refractivity contribution < 1.29 is 30.8 Å². The van der Waals surface area contributed by atoms with Gasteiger partial charge in [0.1, 0.15) is 11.5 Å². The minimum atomic E-state index is -4.64. The Hall–Kier alpha value is -2.29. The topological polar surface area (TPSA) is 76.4 Å². The molecule has 1 N–H and O–H groups in total. The van der Waals surface area contributed by atoms with Gasteiger partial charge in [0.25, 0.3) is 5.91 Å².